The lowest BCUT2D eigenvalue weighted by atomic mass is 10.2. The highest BCUT2D eigenvalue weighted by atomic mass is 16.2. The normalized spacial score (nSPS) is 14.7. The van der Waals surface area contributed by atoms with Crippen LogP contribution in [-0.2, 0) is 4.79 Å². The second kappa shape index (κ2) is 6.66. The second-order valence-electron chi connectivity index (χ2n) is 3.24. The van der Waals surface area contributed by atoms with Gasteiger partial charge >= 0.3 is 0 Å². The first-order valence-corrected chi connectivity index (χ1v) is 4.76. The van der Waals surface area contributed by atoms with Crippen LogP contribution in [0.2, 0.25) is 0 Å². The minimum atomic E-state index is -0.146. The molecule has 0 aliphatic rings. The lowest BCUT2D eigenvalue weighted by molar-refractivity contribution is -0.123. The molecule has 0 saturated heterocycles. The summed E-state index contributed by atoms with van der Waals surface area (Å²) in [7, 11) is 0. The predicted molar refractivity (Wildman–Crippen MR) is 55.6 cm³/mol. The largest absolute Gasteiger partial charge is 0.352 e. The first-order chi connectivity index (χ1) is 6.11. The number of carbonyl (C=O) groups excluding carboxylic acids is 1. The fourth-order valence-corrected chi connectivity index (χ4v) is 0.823. The van der Waals surface area contributed by atoms with Crippen molar-refractivity contribution in [2.45, 2.75) is 39.3 Å². The van der Waals surface area contributed by atoms with Crippen LogP contribution in [-0.4, -0.2) is 24.5 Å². The standard InChI is InChI=1S/C10H20N2O/c1-5-7-11-9(4)10(13)12-8(3)6-2/h5,8-9,11H,1,6-7H2,2-4H3,(H,12,13). The van der Waals surface area contributed by atoms with Gasteiger partial charge in [-0.1, -0.05) is 13.0 Å². The first-order valence-electron chi connectivity index (χ1n) is 4.76. The van der Waals surface area contributed by atoms with Crippen molar-refractivity contribution in [3.8, 4) is 0 Å². The second-order valence-corrected chi connectivity index (χ2v) is 3.24. The number of rotatable bonds is 6. The summed E-state index contributed by atoms with van der Waals surface area (Å²) >= 11 is 0. The fourth-order valence-electron chi connectivity index (χ4n) is 0.823. The molecule has 0 rings (SSSR count). The van der Waals surface area contributed by atoms with E-state index in [4.69, 9.17) is 0 Å². The summed E-state index contributed by atoms with van der Waals surface area (Å²) in [5, 5.41) is 5.93. The molecule has 0 heterocycles. The van der Waals surface area contributed by atoms with Crippen LogP contribution in [0, 0.1) is 0 Å². The Morgan fingerprint density at radius 2 is 2.15 bits per heavy atom. The Morgan fingerprint density at radius 3 is 2.62 bits per heavy atom. The molecular formula is C10H20N2O. The molecule has 2 N–H and O–H groups in total. The Balaban J connectivity index is 3.74. The summed E-state index contributed by atoms with van der Waals surface area (Å²) in [6.07, 6.45) is 2.70. The molecular weight excluding hydrogens is 164 g/mol. The van der Waals surface area contributed by atoms with Crippen molar-refractivity contribution in [2.24, 2.45) is 0 Å². The molecule has 2 atom stereocenters. The number of hydrogen-bond donors (Lipinski definition) is 2. The van der Waals surface area contributed by atoms with Crippen molar-refractivity contribution < 1.29 is 4.79 Å². The third kappa shape index (κ3) is 5.42. The molecule has 0 aliphatic carbocycles. The zero-order valence-corrected chi connectivity index (χ0v) is 8.76. The summed E-state index contributed by atoms with van der Waals surface area (Å²) in [5.41, 5.74) is 0. The lowest BCUT2D eigenvalue weighted by Crippen LogP contribution is -2.45. The zero-order valence-electron chi connectivity index (χ0n) is 8.76. The number of nitrogens with one attached hydrogen (secondary N) is 2. The summed E-state index contributed by atoms with van der Waals surface area (Å²) in [6.45, 7) is 10.1. The summed E-state index contributed by atoms with van der Waals surface area (Å²) in [6, 6.07) is 0.104. The molecule has 0 saturated carbocycles. The van der Waals surface area contributed by atoms with Gasteiger partial charge in [0.25, 0.3) is 0 Å². The highest BCUT2D eigenvalue weighted by molar-refractivity contribution is 5.81. The monoisotopic (exact) mass is 184 g/mol. The van der Waals surface area contributed by atoms with Gasteiger partial charge in [-0.3, -0.25) is 4.79 Å². The van der Waals surface area contributed by atoms with E-state index in [1.54, 1.807) is 6.08 Å². The van der Waals surface area contributed by atoms with Gasteiger partial charge in [-0.05, 0) is 20.3 Å². The molecule has 0 fully saturated rings. The quantitative estimate of drug-likeness (QED) is 0.606. The van der Waals surface area contributed by atoms with Crippen LogP contribution in [0.15, 0.2) is 12.7 Å². The van der Waals surface area contributed by atoms with Crippen molar-refractivity contribution in [2.75, 3.05) is 6.54 Å². The molecule has 3 nitrogen and oxygen atoms in total. The first kappa shape index (κ1) is 12.2. The molecule has 3 heteroatoms. The van der Waals surface area contributed by atoms with Gasteiger partial charge in [0.15, 0.2) is 0 Å². The number of amides is 1. The minimum absolute atomic E-state index is 0.0520. The van der Waals surface area contributed by atoms with E-state index in [1.165, 1.54) is 0 Å². The van der Waals surface area contributed by atoms with E-state index in [1.807, 2.05) is 20.8 Å². The van der Waals surface area contributed by atoms with Gasteiger partial charge in [0, 0.05) is 12.6 Å². The van der Waals surface area contributed by atoms with Crippen LogP contribution in [0.4, 0.5) is 0 Å². The van der Waals surface area contributed by atoms with Crippen LogP contribution < -0.4 is 10.6 Å². The van der Waals surface area contributed by atoms with E-state index in [0.717, 1.165) is 6.42 Å². The SMILES string of the molecule is C=CCNC(C)C(=O)NC(C)CC. The molecule has 13 heavy (non-hydrogen) atoms. The van der Waals surface area contributed by atoms with Gasteiger partial charge in [0.2, 0.25) is 5.91 Å². The predicted octanol–water partition coefficient (Wildman–Crippen LogP) is 1.07. The highest BCUT2D eigenvalue weighted by Gasteiger charge is 2.12. The van der Waals surface area contributed by atoms with E-state index in [-0.39, 0.29) is 18.0 Å². The molecule has 2 unspecified atom stereocenters. The molecule has 0 aromatic rings. The van der Waals surface area contributed by atoms with Gasteiger partial charge in [0.05, 0.1) is 6.04 Å². The van der Waals surface area contributed by atoms with Gasteiger partial charge in [0.1, 0.15) is 0 Å². The maximum Gasteiger partial charge on any atom is 0.237 e. The average Bonchev–Trinajstić information content (AvgIpc) is 2.13. The molecule has 76 valence electrons. The van der Waals surface area contributed by atoms with Crippen LogP contribution in [0.1, 0.15) is 27.2 Å². The Hall–Kier alpha value is -0.830. The van der Waals surface area contributed by atoms with Crippen molar-refractivity contribution in [1.29, 1.82) is 0 Å². The van der Waals surface area contributed by atoms with E-state index in [9.17, 15) is 4.79 Å². The number of carbonyl (C=O) groups is 1. The molecule has 0 radical (unpaired) electrons. The van der Waals surface area contributed by atoms with Gasteiger partial charge in [-0.15, -0.1) is 6.58 Å². The van der Waals surface area contributed by atoms with Crippen LogP contribution in [0.3, 0.4) is 0 Å². The lowest BCUT2D eigenvalue weighted by Gasteiger charge is -2.16. The van der Waals surface area contributed by atoms with Crippen LogP contribution in [0.5, 0.6) is 0 Å². The van der Waals surface area contributed by atoms with Crippen molar-refractivity contribution >= 4 is 5.91 Å². The Kier molecular flexibility index (Phi) is 6.24. The van der Waals surface area contributed by atoms with E-state index >= 15 is 0 Å². The van der Waals surface area contributed by atoms with Gasteiger partial charge in [-0.25, -0.2) is 0 Å². The third-order valence-corrected chi connectivity index (χ3v) is 1.96. The third-order valence-electron chi connectivity index (χ3n) is 1.96. The van der Waals surface area contributed by atoms with E-state index < -0.39 is 0 Å². The highest BCUT2D eigenvalue weighted by Crippen LogP contribution is 1.90. The van der Waals surface area contributed by atoms with Crippen LogP contribution >= 0.6 is 0 Å². The fraction of sp³-hybridized carbons (Fsp3) is 0.700. The summed E-state index contributed by atoms with van der Waals surface area (Å²) < 4.78 is 0. The average molecular weight is 184 g/mol. The smallest absolute Gasteiger partial charge is 0.237 e. The molecule has 0 aromatic carbocycles. The van der Waals surface area contributed by atoms with Crippen LogP contribution in [0.25, 0.3) is 0 Å². The Morgan fingerprint density at radius 1 is 1.54 bits per heavy atom. The molecule has 0 spiro atoms. The molecule has 0 bridgehead atoms. The van der Waals surface area contributed by atoms with E-state index in [0.29, 0.717) is 6.54 Å². The molecule has 0 aromatic heterocycles. The maximum atomic E-state index is 11.4. The molecule has 0 aliphatic heterocycles. The Bertz CT molecular complexity index is 168. The van der Waals surface area contributed by atoms with Crippen molar-refractivity contribution in [1.82, 2.24) is 10.6 Å². The molecule has 1 amide bonds. The van der Waals surface area contributed by atoms with E-state index in [2.05, 4.69) is 17.2 Å². The maximum absolute atomic E-state index is 11.4. The Labute approximate surface area is 80.6 Å². The zero-order chi connectivity index (χ0) is 10.3. The van der Waals surface area contributed by atoms with Gasteiger partial charge in [-0.2, -0.15) is 0 Å². The van der Waals surface area contributed by atoms with Crippen molar-refractivity contribution in [3.63, 3.8) is 0 Å². The van der Waals surface area contributed by atoms with Crippen molar-refractivity contribution in [3.05, 3.63) is 12.7 Å². The summed E-state index contributed by atoms with van der Waals surface area (Å²) in [4.78, 5) is 11.4. The summed E-state index contributed by atoms with van der Waals surface area (Å²) in [5.74, 6) is 0.0520. The number of hydrogen-bond acceptors (Lipinski definition) is 2. The van der Waals surface area contributed by atoms with Gasteiger partial charge < -0.3 is 10.6 Å². The topological polar surface area (TPSA) is 41.1 Å². The minimum Gasteiger partial charge on any atom is -0.352 e.